The van der Waals surface area contributed by atoms with Gasteiger partial charge in [0.25, 0.3) is 11.8 Å². The van der Waals surface area contributed by atoms with E-state index in [4.69, 9.17) is 23.3 Å². The first-order valence-corrected chi connectivity index (χ1v) is 16.4. The SMILES string of the molecule is COCc1csc([C@H]2CCCN2C(=O)c2cc(-c3ncco3)nc(-c3nnc([C@@](C)(Cc4ccccc4)NC(=O)OC(C)(C)C)o3)c2)n1. The largest absolute Gasteiger partial charge is 0.444 e. The highest BCUT2D eigenvalue weighted by molar-refractivity contribution is 7.09. The predicted molar refractivity (Wildman–Crippen MR) is 176 cm³/mol. The zero-order valence-corrected chi connectivity index (χ0v) is 28.2. The van der Waals surface area contributed by atoms with E-state index in [2.05, 4.69) is 25.5 Å². The summed E-state index contributed by atoms with van der Waals surface area (Å²) < 4.78 is 22.6. The van der Waals surface area contributed by atoms with E-state index in [0.29, 0.717) is 30.8 Å². The number of carbonyl (C=O) groups excluding carboxylic acids is 2. The van der Waals surface area contributed by atoms with Gasteiger partial charge in [-0.25, -0.2) is 19.7 Å². The van der Waals surface area contributed by atoms with Crippen LogP contribution in [0.1, 0.15) is 79.1 Å². The van der Waals surface area contributed by atoms with Crippen molar-refractivity contribution in [2.45, 2.75) is 70.7 Å². The van der Waals surface area contributed by atoms with Crippen molar-refractivity contribution < 1.29 is 27.9 Å². The highest BCUT2D eigenvalue weighted by Gasteiger charge is 2.38. The summed E-state index contributed by atoms with van der Waals surface area (Å²) in [6.45, 7) is 8.14. The van der Waals surface area contributed by atoms with Crippen LogP contribution in [0.3, 0.4) is 0 Å². The van der Waals surface area contributed by atoms with Crippen LogP contribution in [0, 0.1) is 0 Å². The summed E-state index contributed by atoms with van der Waals surface area (Å²) in [5.41, 5.74) is 0.833. The number of hydrogen-bond acceptors (Lipinski definition) is 12. The van der Waals surface area contributed by atoms with E-state index in [1.807, 2.05) is 40.6 Å². The van der Waals surface area contributed by atoms with Gasteiger partial charge in [-0.1, -0.05) is 30.3 Å². The van der Waals surface area contributed by atoms with Crippen LogP contribution in [0.4, 0.5) is 4.79 Å². The van der Waals surface area contributed by atoms with Crippen LogP contribution in [-0.2, 0) is 28.0 Å². The Morgan fingerprint density at radius 3 is 2.54 bits per heavy atom. The minimum Gasteiger partial charge on any atom is -0.444 e. The number of ether oxygens (including phenoxy) is 2. The lowest BCUT2D eigenvalue weighted by atomic mass is 9.92. The molecular formula is C34H37N7O6S. The summed E-state index contributed by atoms with van der Waals surface area (Å²) in [6, 6.07) is 12.7. The normalized spacial score (nSPS) is 16.1. The first-order valence-electron chi connectivity index (χ1n) is 15.6. The molecule has 0 unspecified atom stereocenters. The Kier molecular flexibility index (Phi) is 9.38. The number of methoxy groups -OCH3 is 1. The fraction of sp³-hybridized carbons (Fsp3) is 0.382. The highest BCUT2D eigenvalue weighted by Crippen LogP contribution is 2.36. The van der Waals surface area contributed by atoms with Gasteiger partial charge in [0.1, 0.15) is 33.8 Å². The summed E-state index contributed by atoms with van der Waals surface area (Å²) in [5.74, 6) is 0.226. The van der Waals surface area contributed by atoms with Crippen molar-refractivity contribution in [3.8, 4) is 23.2 Å². The second-order valence-electron chi connectivity index (χ2n) is 12.8. The average Bonchev–Trinajstić information content (AvgIpc) is 3.87. The van der Waals surface area contributed by atoms with E-state index in [1.165, 1.54) is 23.8 Å². The number of alkyl carbamates (subject to hydrolysis) is 1. The molecular weight excluding hydrogens is 634 g/mol. The third-order valence-corrected chi connectivity index (χ3v) is 8.67. The molecule has 5 heterocycles. The fourth-order valence-electron chi connectivity index (χ4n) is 5.60. The number of likely N-dealkylation sites (tertiary alicyclic amines) is 1. The Balaban J connectivity index is 1.35. The molecule has 0 bridgehead atoms. The first-order chi connectivity index (χ1) is 23.0. The number of thiazole rings is 1. The van der Waals surface area contributed by atoms with E-state index in [9.17, 15) is 9.59 Å². The summed E-state index contributed by atoms with van der Waals surface area (Å²) in [4.78, 5) is 42.6. The number of pyridine rings is 1. The Morgan fingerprint density at radius 2 is 1.83 bits per heavy atom. The van der Waals surface area contributed by atoms with Crippen LogP contribution in [0.2, 0.25) is 0 Å². The van der Waals surface area contributed by atoms with Gasteiger partial charge in [0, 0.05) is 31.0 Å². The number of rotatable bonds is 10. The van der Waals surface area contributed by atoms with E-state index in [0.717, 1.165) is 29.1 Å². The molecule has 2 atom stereocenters. The van der Waals surface area contributed by atoms with Crippen molar-refractivity contribution >= 4 is 23.3 Å². The molecule has 1 aliphatic heterocycles. The number of nitrogens with one attached hydrogen (secondary N) is 1. The third kappa shape index (κ3) is 7.44. The second-order valence-corrected chi connectivity index (χ2v) is 13.7. The van der Waals surface area contributed by atoms with Crippen molar-refractivity contribution in [2.75, 3.05) is 13.7 Å². The van der Waals surface area contributed by atoms with Crippen LogP contribution in [0.5, 0.6) is 0 Å². The van der Waals surface area contributed by atoms with Crippen molar-refractivity contribution in [1.29, 1.82) is 0 Å². The smallest absolute Gasteiger partial charge is 0.408 e. The minimum absolute atomic E-state index is 0.0554. The van der Waals surface area contributed by atoms with E-state index < -0.39 is 17.2 Å². The number of carbonyl (C=O) groups is 2. The maximum atomic E-state index is 14.1. The molecule has 1 N–H and O–H groups in total. The van der Waals surface area contributed by atoms with Gasteiger partial charge in [-0.2, -0.15) is 0 Å². The summed E-state index contributed by atoms with van der Waals surface area (Å²) >= 11 is 1.52. The Morgan fingerprint density at radius 1 is 1.06 bits per heavy atom. The molecule has 0 saturated carbocycles. The summed E-state index contributed by atoms with van der Waals surface area (Å²) in [7, 11) is 1.63. The molecule has 4 aromatic heterocycles. The minimum atomic E-state index is -1.15. The van der Waals surface area contributed by atoms with E-state index in [-0.39, 0.29) is 35.3 Å². The number of benzene rings is 1. The molecule has 1 fully saturated rings. The summed E-state index contributed by atoms with van der Waals surface area (Å²) in [6.07, 6.45) is 4.29. The van der Waals surface area contributed by atoms with Crippen molar-refractivity contribution in [3.63, 3.8) is 0 Å². The molecule has 13 nitrogen and oxygen atoms in total. The molecule has 6 rings (SSSR count). The number of nitrogens with zero attached hydrogens (tertiary/aromatic N) is 6. The molecule has 48 heavy (non-hydrogen) atoms. The van der Waals surface area contributed by atoms with Crippen molar-refractivity contribution in [3.05, 3.63) is 88.0 Å². The molecule has 1 saturated heterocycles. The monoisotopic (exact) mass is 671 g/mol. The molecule has 2 amide bonds. The van der Waals surface area contributed by atoms with Gasteiger partial charge < -0.3 is 28.5 Å². The van der Waals surface area contributed by atoms with Gasteiger partial charge in [-0.05, 0) is 58.2 Å². The van der Waals surface area contributed by atoms with Crippen molar-refractivity contribution in [1.82, 2.24) is 35.4 Å². The predicted octanol–water partition coefficient (Wildman–Crippen LogP) is 6.35. The zero-order chi connectivity index (χ0) is 33.9. The molecule has 1 aromatic carbocycles. The van der Waals surface area contributed by atoms with Gasteiger partial charge in [-0.3, -0.25) is 4.79 Å². The Bertz CT molecular complexity index is 1870. The number of hydrogen-bond donors (Lipinski definition) is 1. The molecule has 250 valence electrons. The maximum absolute atomic E-state index is 14.1. The van der Waals surface area contributed by atoms with Crippen LogP contribution in [-0.4, -0.2) is 61.3 Å². The first kappa shape index (κ1) is 33.0. The number of aromatic nitrogens is 5. The topological polar surface area (TPSA) is 159 Å². The maximum Gasteiger partial charge on any atom is 0.408 e. The fourth-order valence-corrected chi connectivity index (χ4v) is 6.55. The number of oxazole rings is 1. The van der Waals surface area contributed by atoms with Gasteiger partial charge in [0.2, 0.25) is 11.8 Å². The van der Waals surface area contributed by atoms with Crippen LogP contribution >= 0.6 is 11.3 Å². The number of amides is 2. The lowest BCUT2D eigenvalue weighted by Gasteiger charge is -2.29. The Labute approximate surface area is 281 Å². The third-order valence-electron chi connectivity index (χ3n) is 7.68. The van der Waals surface area contributed by atoms with Gasteiger partial charge >= 0.3 is 6.09 Å². The molecule has 1 aliphatic rings. The van der Waals surface area contributed by atoms with E-state index >= 15 is 0 Å². The molecule has 5 aromatic rings. The molecule has 0 spiro atoms. The standard InChI is InChI=1S/C34H37N7O6S/c1-33(2,3)47-32(43)38-34(4,18-21-10-7-6-8-11-21)31-40-39-28(46-31)25-17-22(16-24(37-25)27-35-13-15-45-27)30(42)41-14-9-12-26(41)29-36-23(19-44-5)20-48-29/h6-8,10-11,13,15-17,20,26H,9,12,14,18-19H2,1-5H3,(H,38,43)/t26-,34-/m1/s1. The van der Waals surface area contributed by atoms with Crippen LogP contribution in [0.15, 0.2) is 69.1 Å². The quantitative estimate of drug-likeness (QED) is 0.176. The molecule has 14 heteroatoms. The second kappa shape index (κ2) is 13.6. The highest BCUT2D eigenvalue weighted by atomic mass is 32.1. The lowest BCUT2D eigenvalue weighted by Crippen LogP contribution is -2.47. The Hall–Kier alpha value is -4.95. The van der Waals surface area contributed by atoms with Gasteiger partial charge in [-0.15, -0.1) is 21.5 Å². The zero-order valence-electron chi connectivity index (χ0n) is 27.4. The van der Waals surface area contributed by atoms with Gasteiger partial charge in [0.05, 0.1) is 24.5 Å². The van der Waals surface area contributed by atoms with Gasteiger partial charge in [0.15, 0.2) is 0 Å². The van der Waals surface area contributed by atoms with E-state index in [1.54, 1.807) is 46.9 Å². The summed E-state index contributed by atoms with van der Waals surface area (Å²) in [5, 5.41) is 14.4. The van der Waals surface area contributed by atoms with Crippen molar-refractivity contribution in [2.24, 2.45) is 0 Å². The molecule has 0 radical (unpaired) electrons. The lowest BCUT2D eigenvalue weighted by molar-refractivity contribution is 0.0443. The van der Waals surface area contributed by atoms with Crippen LogP contribution < -0.4 is 5.32 Å². The average molecular weight is 672 g/mol. The van der Waals surface area contributed by atoms with Crippen LogP contribution in [0.25, 0.3) is 23.2 Å². The molecule has 0 aliphatic carbocycles.